The number of para-hydroxylation sites is 1. The van der Waals surface area contributed by atoms with Crippen LogP contribution in [0.1, 0.15) is 33.9 Å². The fraction of sp³-hybridized carbons (Fsp3) is 0.500. The van der Waals surface area contributed by atoms with Crippen LogP contribution in [0.15, 0.2) is 41.5 Å². The number of hydroxylamine groups is 1. The molecule has 0 amide bonds. The quantitative estimate of drug-likeness (QED) is 0.166. The number of imidazole rings is 1. The lowest BCUT2D eigenvalue weighted by atomic mass is 9.99. The minimum absolute atomic E-state index is 0.0741. The lowest BCUT2D eigenvalue weighted by Crippen LogP contribution is -2.47. The minimum atomic E-state index is -2.75. The number of alkyl halides is 1. The first-order chi connectivity index (χ1) is 19.4. The molecule has 0 radical (unpaired) electrons. The topological polar surface area (TPSA) is 195 Å². The van der Waals surface area contributed by atoms with Crippen LogP contribution in [0.25, 0.3) is 11.2 Å². The molecule has 0 saturated carbocycles. The highest BCUT2D eigenvalue weighted by molar-refractivity contribution is 7.33. The van der Waals surface area contributed by atoms with Gasteiger partial charge in [-0.2, -0.15) is 9.97 Å². The van der Waals surface area contributed by atoms with Crippen molar-refractivity contribution in [2.24, 2.45) is 4.85 Å². The van der Waals surface area contributed by atoms with Crippen LogP contribution in [-0.2, 0) is 19.1 Å². The van der Waals surface area contributed by atoms with E-state index in [0.29, 0.717) is 11.3 Å². The van der Waals surface area contributed by atoms with Gasteiger partial charge in [0, 0.05) is 7.05 Å². The number of hydrogen-bond donors (Lipinski definition) is 3. The number of nitrogens with zero attached hydrogens (tertiary/aromatic N) is 6. The molecule has 0 spiro atoms. The number of aliphatic hydroxyl groups is 1. The largest absolute Gasteiger partial charge is 0.574 e. The number of halogens is 1. The summed E-state index contributed by atoms with van der Waals surface area (Å²) in [7, 11) is -1.13. The fourth-order valence-electron chi connectivity index (χ4n) is 4.02. The van der Waals surface area contributed by atoms with E-state index in [-0.39, 0.29) is 17.3 Å². The molecule has 3 heterocycles. The minimum Gasteiger partial charge on any atom is -0.574 e. The Bertz CT molecular complexity index is 1400. The maximum atomic E-state index is 15.5. The first-order valence-corrected chi connectivity index (χ1v) is 13.8. The Kier molecular flexibility index (Phi) is 9.31. The van der Waals surface area contributed by atoms with Crippen LogP contribution >= 0.6 is 8.17 Å². The number of fused-ring (bicyclic) bond motifs is 1. The number of ether oxygens (including phenoxy) is 2. The number of benzene rings is 1. The molecule has 41 heavy (non-hydrogen) atoms. The van der Waals surface area contributed by atoms with Gasteiger partial charge in [-0.05, 0) is 45.0 Å². The Morgan fingerprint density at radius 2 is 2.07 bits per heavy atom. The van der Waals surface area contributed by atoms with E-state index in [1.165, 1.54) is 24.7 Å². The molecular weight excluding hydrogens is 562 g/mol. The number of esters is 1. The zero-order chi connectivity index (χ0) is 29.9. The van der Waals surface area contributed by atoms with Gasteiger partial charge in [0.1, 0.15) is 18.3 Å². The summed E-state index contributed by atoms with van der Waals surface area (Å²) in [4.78, 5) is 47.3. The summed E-state index contributed by atoms with van der Waals surface area (Å²) in [5, 5.41) is 14.5. The van der Waals surface area contributed by atoms with E-state index in [1.54, 1.807) is 51.2 Å². The number of carbonyl (C=O) groups is 1. The van der Waals surface area contributed by atoms with Crippen LogP contribution in [0.3, 0.4) is 0 Å². The van der Waals surface area contributed by atoms with Crippen molar-refractivity contribution >= 4 is 37.1 Å². The van der Waals surface area contributed by atoms with Gasteiger partial charge >= 0.3 is 14.1 Å². The van der Waals surface area contributed by atoms with E-state index < -0.39 is 57.0 Å². The van der Waals surface area contributed by atoms with Crippen LogP contribution in [0.2, 0.25) is 0 Å². The summed E-state index contributed by atoms with van der Waals surface area (Å²) in [6.45, 7) is 5.65. The van der Waals surface area contributed by atoms with Crippen molar-refractivity contribution in [1.82, 2.24) is 24.7 Å². The lowest BCUT2D eigenvalue weighted by Gasteiger charge is -2.29. The van der Waals surface area contributed by atoms with Gasteiger partial charge in [0.25, 0.3) is 0 Å². The Balaban J connectivity index is 1.56. The Labute approximate surface area is 236 Å². The SMILES string of the molecule is CNc1nc(N)nc2c1ncn2[C@@H]1O[C@](C)(CON(/N=[P+](\[O-])Oc2ccccc2)[C@@H](C)C(=O)OC(C)C)[C@@H](O)[C@H]1F. The van der Waals surface area contributed by atoms with Crippen LogP contribution in [0.4, 0.5) is 16.2 Å². The van der Waals surface area contributed by atoms with Crippen LogP contribution < -0.4 is 20.5 Å². The molecule has 4 N–H and O–H groups in total. The van der Waals surface area contributed by atoms with E-state index in [0.717, 1.165) is 5.17 Å². The molecule has 15 nitrogen and oxygen atoms in total. The third-order valence-corrected chi connectivity index (χ3v) is 6.82. The molecule has 1 fully saturated rings. The van der Waals surface area contributed by atoms with Crippen molar-refractivity contribution < 1.29 is 38.0 Å². The lowest BCUT2D eigenvalue weighted by molar-refractivity contribution is -0.243. The third-order valence-electron chi connectivity index (χ3n) is 6.13. The van der Waals surface area contributed by atoms with Crippen molar-refractivity contribution in [1.29, 1.82) is 0 Å². The normalized spacial score (nSPS) is 23.8. The summed E-state index contributed by atoms with van der Waals surface area (Å²) in [5.41, 5.74) is 4.64. The number of nitrogens with one attached hydrogen (secondary N) is 1. The van der Waals surface area contributed by atoms with Gasteiger partial charge < -0.3 is 30.5 Å². The van der Waals surface area contributed by atoms with Crippen molar-refractivity contribution in [3.63, 3.8) is 0 Å². The van der Waals surface area contributed by atoms with Crippen molar-refractivity contribution in [2.75, 3.05) is 24.7 Å². The van der Waals surface area contributed by atoms with E-state index in [2.05, 4.69) is 25.1 Å². The Morgan fingerprint density at radius 3 is 2.73 bits per heavy atom. The van der Waals surface area contributed by atoms with Gasteiger partial charge in [-0.25, -0.2) is 9.37 Å². The predicted octanol–water partition coefficient (Wildman–Crippen LogP) is 1.86. The fourth-order valence-corrected chi connectivity index (χ4v) is 4.71. The van der Waals surface area contributed by atoms with Gasteiger partial charge in [-0.3, -0.25) is 18.7 Å². The van der Waals surface area contributed by atoms with Gasteiger partial charge in [0.2, 0.25) is 5.95 Å². The monoisotopic (exact) mass is 594 g/mol. The number of anilines is 2. The van der Waals surface area contributed by atoms with Crippen LogP contribution in [0.5, 0.6) is 5.75 Å². The van der Waals surface area contributed by atoms with E-state index in [1.807, 2.05) is 0 Å². The predicted molar refractivity (Wildman–Crippen MR) is 144 cm³/mol. The van der Waals surface area contributed by atoms with Gasteiger partial charge in [0.15, 0.2) is 41.2 Å². The third kappa shape index (κ3) is 6.69. The van der Waals surface area contributed by atoms with Gasteiger partial charge in [-0.15, -0.1) is 0 Å². The molecule has 2 aromatic heterocycles. The number of hydrogen-bond acceptors (Lipinski definition) is 13. The summed E-state index contributed by atoms with van der Waals surface area (Å²) < 4.78 is 33.3. The summed E-state index contributed by atoms with van der Waals surface area (Å²) in [6.07, 6.45) is -4.15. The molecular formula is C24H32FN8O7P. The highest BCUT2D eigenvalue weighted by Crippen LogP contribution is 2.41. The highest BCUT2D eigenvalue weighted by Gasteiger charge is 2.54. The zero-order valence-corrected chi connectivity index (χ0v) is 23.9. The number of nitrogens with two attached hydrogens (primary N) is 1. The molecule has 1 aliphatic rings. The Morgan fingerprint density at radius 1 is 1.37 bits per heavy atom. The molecule has 1 unspecified atom stereocenters. The second-order valence-electron chi connectivity index (χ2n) is 9.68. The molecule has 222 valence electrons. The van der Waals surface area contributed by atoms with Gasteiger partial charge in [-0.1, -0.05) is 18.2 Å². The zero-order valence-electron chi connectivity index (χ0n) is 23.0. The highest BCUT2D eigenvalue weighted by atomic mass is 31.1. The molecule has 0 bridgehead atoms. The average molecular weight is 595 g/mol. The molecule has 6 atom stereocenters. The molecule has 1 aliphatic heterocycles. The smallest absolute Gasteiger partial charge is 0.415 e. The van der Waals surface area contributed by atoms with Crippen LogP contribution in [0, 0.1) is 0 Å². The van der Waals surface area contributed by atoms with Crippen molar-refractivity contribution in [3.05, 3.63) is 36.7 Å². The van der Waals surface area contributed by atoms with Crippen LogP contribution in [-0.4, -0.2) is 79.4 Å². The number of rotatable bonds is 11. The first-order valence-electron chi connectivity index (χ1n) is 12.7. The number of aliphatic hydroxyl groups excluding tert-OH is 1. The maximum absolute atomic E-state index is 15.5. The van der Waals surface area contributed by atoms with Gasteiger partial charge in [0.05, 0.1) is 17.3 Å². The average Bonchev–Trinajstić information content (AvgIpc) is 3.44. The summed E-state index contributed by atoms with van der Waals surface area (Å²) in [5.74, 6) is -0.195. The standard InChI is InChI=1S/C24H32FN8O7P/c1-13(2)38-22(35)14(3)33(31-41(36)40-15-9-7-6-8-10-15)37-11-24(4)18(34)16(25)21(39-24)32-12-28-17-19(27-5)29-23(26)30-20(17)32/h6-10,12-14,16,18,21,34H,11H2,1-5H3,(H3,26,27,29,30)/t14-,16+,18-,21+,24+/m0/s1. The number of nitrogen functional groups attached to an aromatic ring is 1. The molecule has 1 saturated heterocycles. The van der Waals surface area contributed by atoms with E-state index >= 15 is 4.39 Å². The molecule has 1 aromatic carbocycles. The van der Waals surface area contributed by atoms with E-state index in [4.69, 9.17) is 24.6 Å². The molecule has 0 aliphatic carbocycles. The summed E-state index contributed by atoms with van der Waals surface area (Å²) in [6, 6.07) is 7.09. The Hall–Kier alpha value is -3.53. The van der Waals surface area contributed by atoms with Crippen molar-refractivity contribution in [2.45, 2.75) is 63.9 Å². The van der Waals surface area contributed by atoms with Crippen molar-refractivity contribution in [3.8, 4) is 5.75 Å². The van der Waals surface area contributed by atoms with E-state index in [9.17, 15) is 14.8 Å². The second kappa shape index (κ2) is 12.5. The first kappa shape index (κ1) is 30.4. The number of aromatic nitrogens is 4. The number of carbonyl (C=O) groups excluding carboxylic acids is 1. The second-order valence-corrected chi connectivity index (χ2v) is 10.5. The molecule has 17 heteroatoms. The summed E-state index contributed by atoms with van der Waals surface area (Å²) >= 11 is 0. The molecule has 4 rings (SSSR count). The molecule has 3 aromatic rings. The maximum Gasteiger partial charge on any atom is 0.415 e.